The Morgan fingerprint density at radius 1 is 1.04 bits per heavy atom. The van der Waals surface area contributed by atoms with Crippen LogP contribution in [0.25, 0.3) is 0 Å². The summed E-state index contributed by atoms with van der Waals surface area (Å²) in [6, 6.07) is 18.7. The molecule has 1 unspecified atom stereocenters. The van der Waals surface area contributed by atoms with E-state index >= 15 is 0 Å². The van der Waals surface area contributed by atoms with Gasteiger partial charge in [0.1, 0.15) is 0 Å². The van der Waals surface area contributed by atoms with Crippen LogP contribution in [0.3, 0.4) is 0 Å². The Labute approximate surface area is 154 Å². The molecule has 1 saturated carbocycles. The second-order valence-electron chi connectivity index (χ2n) is 7.08. The van der Waals surface area contributed by atoms with Gasteiger partial charge < -0.3 is 4.90 Å². The van der Waals surface area contributed by atoms with E-state index in [4.69, 9.17) is 11.6 Å². The highest BCUT2D eigenvalue weighted by molar-refractivity contribution is 6.30. The summed E-state index contributed by atoms with van der Waals surface area (Å²) in [5.74, 6) is 0.0962. The zero-order valence-corrected chi connectivity index (χ0v) is 15.0. The summed E-state index contributed by atoms with van der Waals surface area (Å²) in [5, 5.41) is 0.613. The van der Waals surface area contributed by atoms with Crippen molar-refractivity contribution in [1.82, 2.24) is 9.80 Å². The SMILES string of the molecule is O=C(c1cccc(Cl)c1)N1CCN(C2CC2)CC1Cc1ccccc1. The molecular weight excluding hydrogens is 332 g/mol. The van der Waals surface area contributed by atoms with Crippen LogP contribution in [0.15, 0.2) is 54.6 Å². The number of nitrogens with zero attached hydrogens (tertiary/aromatic N) is 2. The van der Waals surface area contributed by atoms with E-state index < -0.39 is 0 Å². The minimum atomic E-state index is 0.0962. The highest BCUT2D eigenvalue weighted by Crippen LogP contribution is 2.30. The Morgan fingerprint density at radius 3 is 2.56 bits per heavy atom. The fourth-order valence-corrected chi connectivity index (χ4v) is 3.96. The van der Waals surface area contributed by atoms with Crippen LogP contribution in [0.2, 0.25) is 5.02 Å². The van der Waals surface area contributed by atoms with Crippen molar-refractivity contribution in [3.05, 3.63) is 70.7 Å². The van der Waals surface area contributed by atoms with Crippen molar-refractivity contribution in [2.75, 3.05) is 19.6 Å². The first kappa shape index (κ1) is 16.6. The van der Waals surface area contributed by atoms with Crippen molar-refractivity contribution in [2.45, 2.75) is 31.3 Å². The molecule has 1 aliphatic heterocycles. The molecule has 2 fully saturated rings. The number of benzene rings is 2. The molecule has 1 atom stereocenters. The van der Waals surface area contributed by atoms with Gasteiger partial charge in [-0.05, 0) is 43.0 Å². The summed E-state index contributed by atoms with van der Waals surface area (Å²) < 4.78 is 0. The number of hydrogen-bond acceptors (Lipinski definition) is 2. The molecule has 130 valence electrons. The number of carbonyl (C=O) groups is 1. The maximum Gasteiger partial charge on any atom is 0.254 e. The molecule has 1 saturated heterocycles. The van der Waals surface area contributed by atoms with Crippen LogP contribution in [0.5, 0.6) is 0 Å². The third-order valence-electron chi connectivity index (χ3n) is 5.22. The quantitative estimate of drug-likeness (QED) is 0.832. The summed E-state index contributed by atoms with van der Waals surface area (Å²) in [5.41, 5.74) is 1.97. The molecule has 1 aliphatic carbocycles. The Hall–Kier alpha value is -1.84. The number of rotatable bonds is 4. The second kappa shape index (κ2) is 7.19. The van der Waals surface area contributed by atoms with Gasteiger partial charge in [-0.15, -0.1) is 0 Å². The maximum absolute atomic E-state index is 13.1. The first-order valence-electron chi connectivity index (χ1n) is 9.05. The Kier molecular flexibility index (Phi) is 4.78. The van der Waals surface area contributed by atoms with Crippen molar-refractivity contribution in [3.63, 3.8) is 0 Å². The third kappa shape index (κ3) is 3.88. The number of amides is 1. The fourth-order valence-electron chi connectivity index (χ4n) is 3.77. The highest BCUT2D eigenvalue weighted by atomic mass is 35.5. The van der Waals surface area contributed by atoms with E-state index in [0.717, 1.165) is 32.1 Å². The van der Waals surface area contributed by atoms with Crippen LogP contribution in [-0.2, 0) is 6.42 Å². The number of carbonyl (C=O) groups excluding carboxylic acids is 1. The molecule has 2 aromatic rings. The molecule has 25 heavy (non-hydrogen) atoms. The van der Waals surface area contributed by atoms with Crippen molar-refractivity contribution < 1.29 is 4.79 Å². The smallest absolute Gasteiger partial charge is 0.254 e. The predicted molar refractivity (Wildman–Crippen MR) is 101 cm³/mol. The zero-order chi connectivity index (χ0) is 17.2. The molecule has 1 amide bonds. The molecule has 2 aromatic carbocycles. The van der Waals surface area contributed by atoms with Crippen molar-refractivity contribution in [2.24, 2.45) is 0 Å². The molecule has 1 heterocycles. The van der Waals surface area contributed by atoms with Gasteiger partial charge in [0.2, 0.25) is 0 Å². The topological polar surface area (TPSA) is 23.6 Å². The van der Waals surface area contributed by atoms with Gasteiger partial charge in [-0.25, -0.2) is 0 Å². The number of piperazine rings is 1. The third-order valence-corrected chi connectivity index (χ3v) is 5.46. The molecule has 4 rings (SSSR count). The Bertz CT molecular complexity index is 745. The van der Waals surface area contributed by atoms with E-state index in [2.05, 4.69) is 34.1 Å². The number of halogens is 1. The van der Waals surface area contributed by atoms with Gasteiger partial charge in [0.15, 0.2) is 0 Å². The normalized spacial score (nSPS) is 21.3. The lowest BCUT2D eigenvalue weighted by molar-refractivity contribution is 0.0437. The molecule has 2 aliphatic rings. The van der Waals surface area contributed by atoms with Gasteiger partial charge in [0.05, 0.1) is 0 Å². The van der Waals surface area contributed by atoms with Crippen molar-refractivity contribution in [3.8, 4) is 0 Å². The van der Waals surface area contributed by atoms with Crippen molar-refractivity contribution in [1.29, 1.82) is 0 Å². The molecule has 3 nitrogen and oxygen atoms in total. The zero-order valence-electron chi connectivity index (χ0n) is 14.3. The largest absolute Gasteiger partial charge is 0.333 e. The van der Waals surface area contributed by atoms with Crippen LogP contribution in [0.4, 0.5) is 0 Å². The average molecular weight is 355 g/mol. The van der Waals surface area contributed by atoms with Gasteiger partial charge in [0.25, 0.3) is 5.91 Å². The van der Waals surface area contributed by atoms with Gasteiger partial charge in [-0.3, -0.25) is 9.69 Å². The molecular formula is C21H23ClN2O. The maximum atomic E-state index is 13.1. The molecule has 0 spiro atoms. The van der Waals surface area contributed by atoms with Crippen LogP contribution in [0.1, 0.15) is 28.8 Å². The first-order chi connectivity index (χ1) is 12.2. The monoisotopic (exact) mass is 354 g/mol. The first-order valence-corrected chi connectivity index (χ1v) is 9.43. The van der Waals surface area contributed by atoms with E-state index in [1.54, 1.807) is 6.07 Å². The highest BCUT2D eigenvalue weighted by Gasteiger charge is 2.37. The van der Waals surface area contributed by atoms with E-state index in [1.807, 2.05) is 24.3 Å². The standard InChI is InChI=1S/C21H23ClN2O/c22-18-8-4-7-17(14-18)21(25)24-12-11-23(19-9-10-19)15-20(24)13-16-5-2-1-3-6-16/h1-8,14,19-20H,9-13,15H2. The molecule has 0 N–H and O–H groups in total. The summed E-state index contributed by atoms with van der Waals surface area (Å²) in [4.78, 5) is 17.7. The van der Waals surface area contributed by atoms with Crippen LogP contribution < -0.4 is 0 Å². The minimum absolute atomic E-state index is 0.0962. The van der Waals surface area contributed by atoms with Gasteiger partial charge in [-0.1, -0.05) is 48.0 Å². The lowest BCUT2D eigenvalue weighted by Crippen LogP contribution is -2.56. The molecule has 0 bridgehead atoms. The minimum Gasteiger partial charge on any atom is -0.333 e. The number of hydrogen-bond donors (Lipinski definition) is 0. The summed E-state index contributed by atoms with van der Waals surface area (Å²) >= 11 is 6.09. The lowest BCUT2D eigenvalue weighted by Gasteiger charge is -2.42. The van der Waals surface area contributed by atoms with E-state index in [1.165, 1.54) is 18.4 Å². The molecule has 4 heteroatoms. The van der Waals surface area contributed by atoms with Gasteiger partial charge in [0, 0.05) is 42.3 Å². The van der Waals surface area contributed by atoms with Gasteiger partial charge >= 0.3 is 0 Å². The van der Waals surface area contributed by atoms with E-state index in [-0.39, 0.29) is 11.9 Å². The van der Waals surface area contributed by atoms with E-state index in [0.29, 0.717) is 10.6 Å². The fraction of sp³-hybridized carbons (Fsp3) is 0.381. The predicted octanol–water partition coefficient (Wildman–Crippen LogP) is 3.87. The summed E-state index contributed by atoms with van der Waals surface area (Å²) in [7, 11) is 0. The Morgan fingerprint density at radius 2 is 1.84 bits per heavy atom. The molecule has 0 aromatic heterocycles. The summed E-state index contributed by atoms with van der Waals surface area (Å²) in [6.45, 7) is 2.73. The molecule has 0 radical (unpaired) electrons. The van der Waals surface area contributed by atoms with Gasteiger partial charge in [-0.2, -0.15) is 0 Å². The van der Waals surface area contributed by atoms with Crippen LogP contribution >= 0.6 is 11.6 Å². The van der Waals surface area contributed by atoms with Crippen LogP contribution in [-0.4, -0.2) is 47.4 Å². The Balaban J connectivity index is 1.56. The lowest BCUT2D eigenvalue weighted by atomic mass is 10.0. The summed E-state index contributed by atoms with van der Waals surface area (Å²) in [6.07, 6.45) is 3.51. The van der Waals surface area contributed by atoms with Crippen molar-refractivity contribution >= 4 is 17.5 Å². The van der Waals surface area contributed by atoms with E-state index in [9.17, 15) is 4.79 Å². The second-order valence-corrected chi connectivity index (χ2v) is 7.51. The average Bonchev–Trinajstić information content (AvgIpc) is 3.47. The van der Waals surface area contributed by atoms with Crippen LogP contribution in [0, 0.1) is 0 Å².